The van der Waals surface area contributed by atoms with Crippen molar-refractivity contribution in [2.45, 2.75) is 18.6 Å². The number of amidine groups is 1. The van der Waals surface area contributed by atoms with Crippen molar-refractivity contribution in [3.05, 3.63) is 28.2 Å². The molecule has 1 aromatic rings. The lowest BCUT2D eigenvalue weighted by Crippen LogP contribution is -2.24. The summed E-state index contributed by atoms with van der Waals surface area (Å²) >= 11 is 13.3. The van der Waals surface area contributed by atoms with Crippen molar-refractivity contribution in [2.24, 2.45) is 4.99 Å². The molecule has 1 amide bonds. The number of aliphatic imine (C=N–C) groups is 1. The number of carbonyl (C=O) groups is 1. The first-order valence-electron chi connectivity index (χ1n) is 5.12. The third-order valence-corrected chi connectivity index (χ3v) is 4.36. The molecule has 1 atom stereocenters. The van der Waals surface area contributed by atoms with Gasteiger partial charge in [-0.05, 0) is 18.6 Å². The lowest BCUT2D eigenvalue weighted by atomic mass is 10.3. The number of benzene rings is 1. The van der Waals surface area contributed by atoms with Gasteiger partial charge in [-0.3, -0.25) is 4.79 Å². The van der Waals surface area contributed by atoms with Gasteiger partial charge in [-0.2, -0.15) is 0 Å². The minimum Gasteiger partial charge on any atom is -0.304 e. The zero-order valence-electron chi connectivity index (χ0n) is 9.04. The number of halogens is 2. The maximum atomic E-state index is 11.5. The topological polar surface area (TPSA) is 41.5 Å². The predicted octanol–water partition coefficient (Wildman–Crippen LogP) is 3.62. The van der Waals surface area contributed by atoms with E-state index in [9.17, 15) is 4.79 Å². The van der Waals surface area contributed by atoms with Crippen molar-refractivity contribution in [1.29, 1.82) is 0 Å². The van der Waals surface area contributed by atoms with Gasteiger partial charge in [0.1, 0.15) is 0 Å². The Balaban J connectivity index is 2.26. The Kier molecular flexibility index (Phi) is 3.97. The van der Waals surface area contributed by atoms with Gasteiger partial charge in [-0.15, -0.1) is 0 Å². The largest absolute Gasteiger partial charge is 0.304 e. The van der Waals surface area contributed by atoms with E-state index in [1.54, 1.807) is 18.2 Å². The van der Waals surface area contributed by atoms with Gasteiger partial charge in [0.2, 0.25) is 5.91 Å². The zero-order chi connectivity index (χ0) is 12.4. The highest BCUT2D eigenvalue weighted by atomic mass is 35.5. The van der Waals surface area contributed by atoms with Crippen molar-refractivity contribution in [3.63, 3.8) is 0 Å². The van der Waals surface area contributed by atoms with Crippen LogP contribution in [0.25, 0.3) is 0 Å². The Morgan fingerprint density at radius 3 is 2.88 bits per heavy atom. The summed E-state index contributed by atoms with van der Waals surface area (Å²) < 4.78 is 0. The van der Waals surface area contributed by atoms with Crippen LogP contribution >= 0.6 is 35.0 Å². The Hall–Kier alpha value is -0.710. The van der Waals surface area contributed by atoms with Gasteiger partial charge in [-0.25, -0.2) is 4.99 Å². The highest BCUT2D eigenvalue weighted by Gasteiger charge is 2.28. The van der Waals surface area contributed by atoms with E-state index in [2.05, 4.69) is 10.3 Å². The zero-order valence-corrected chi connectivity index (χ0v) is 11.4. The Labute approximate surface area is 114 Å². The van der Waals surface area contributed by atoms with Gasteiger partial charge in [0.05, 0.1) is 21.0 Å². The molecule has 0 saturated carbocycles. The van der Waals surface area contributed by atoms with E-state index in [1.165, 1.54) is 11.8 Å². The third-order valence-electron chi connectivity index (χ3n) is 2.30. The van der Waals surface area contributed by atoms with Crippen LogP contribution in [0.1, 0.15) is 13.3 Å². The summed E-state index contributed by atoms with van der Waals surface area (Å²) in [5.41, 5.74) is 0.568. The minimum absolute atomic E-state index is 0.00518. The third kappa shape index (κ3) is 2.76. The molecule has 1 aliphatic heterocycles. The van der Waals surface area contributed by atoms with Crippen molar-refractivity contribution in [3.8, 4) is 0 Å². The number of rotatable bonds is 2. The molecule has 90 valence electrons. The van der Waals surface area contributed by atoms with Gasteiger partial charge in [0.15, 0.2) is 5.17 Å². The molecule has 1 heterocycles. The molecular weight excluding hydrogens is 279 g/mol. The first-order chi connectivity index (χ1) is 8.11. The fraction of sp³-hybridized carbons (Fsp3) is 0.273. The molecule has 17 heavy (non-hydrogen) atoms. The molecule has 0 aliphatic carbocycles. The molecule has 0 radical (unpaired) electrons. The van der Waals surface area contributed by atoms with E-state index in [4.69, 9.17) is 23.2 Å². The maximum Gasteiger partial charge on any atom is 0.239 e. The fourth-order valence-corrected chi connectivity index (χ4v) is 2.67. The summed E-state index contributed by atoms with van der Waals surface area (Å²) in [4.78, 5) is 15.8. The minimum atomic E-state index is -0.0632. The summed E-state index contributed by atoms with van der Waals surface area (Å²) in [7, 11) is 0. The monoisotopic (exact) mass is 288 g/mol. The molecule has 1 saturated heterocycles. The molecule has 3 nitrogen and oxygen atoms in total. The molecule has 0 bridgehead atoms. The van der Waals surface area contributed by atoms with E-state index in [-0.39, 0.29) is 11.2 Å². The molecular formula is C11H10Cl2N2OS. The molecule has 6 heteroatoms. The van der Waals surface area contributed by atoms with E-state index < -0.39 is 0 Å². The van der Waals surface area contributed by atoms with Gasteiger partial charge >= 0.3 is 0 Å². The molecule has 0 spiro atoms. The van der Waals surface area contributed by atoms with Crippen molar-refractivity contribution in [1.82, 2.24) is 5.32 Å². The highest BCUT2D eigenvalue weighted by Crippen LogP contribution is 2.33. The Bertz CT molecular complexity index is 490. The van der Waals surface area contributed by atoms with E-state index >= 15 is 0 Å². The Morgan fingerprint density at radius 2 is 2.24 bits per heavy atom. The van der Waals surface area contributed by atoms with Crippen LogP contribution in [0, 0.1) is 0 Å². The lowest BCUT2D eigenvalue weighted by Gasteiger charge is -2.01. The number of hydrogen-bond donors (Lipinski definition) is 1. The van der Waals surface area contributed by atoms with E-state index in [0.717, 1.165) is 6.42 Å². The molecule has 2 rings (SSSR count). The van der Waals surface area contributed by atoms with Crippen LogP contribution < -0.4 is 5.32 Å². The predicted molar refractivity (Wildman–Crippen MR) is 73.4 cm³/mol. The average Bonchev–Trinajstić information content (AvgIpc) is 2.65. The number of nitrogens with one attached hydrogen (secondary N) is 1. The van der Waals surface area contributed by atoms with E-state index in [1.807, 2.05) is 6.92 Å². The number of nitrogens with zero attached hydrogens (tertiary/aromatic N) is 1. The fourth-order valence-electron chi connectivity index (χ4n) is 1.41. The molecule has 0 aromatic heterocycles. The number of hydrogen-bond acceptors (Lipinski definition) is 3. The van der Waals surface area contributed by atoms with Crippen molar-refractivity contribution < 1.29 is 4.79 Å². The summed E-state index contributed by atoms with van der Waals surface area (Å²) in [5, 5.41) is 4.09. The van der Waals surface area contributed by atoms with Gasteiger partial charge in [0.25, 0.3) is 0 Å². The van der Waals surface area contributed by atoms with Gasteiger partial charge in [-0.1, -0.05) is 48.0 Å². The van der Waals surface area contributed by atoms with Crippen LogP contribution in [0.3, 0.4) is 0 Å². The lowest BCUT2D eigenvalue weighted by molar-refractivity contribution is -0.118. The van der Waals surface area contributed by atoms with Gasteiger partial charge in [0, 0.05) is 0 Å². The first kappa shape index (κ1) is 12.7. The quantitative estimate of drug-likeness (QED) is 0.903. The molecule has 1 aromatic carbocycles. The van der Waals surface area contributed by atoms with Crippen LogP contribution in [0.5, 0.6) is 0 Å². The molecule has 1 fully saturated rings. The maximum absolute atomic E-state index is 11.5. The molecule has 1 aliphatic rings. The smallest absolute Gasteiger partial charge is 0.239 e. The van der Waals surface area contributed by atoms with E-state index in [0.29, 0.717) is 20.9 Å². The summed E-state index contributed by atoms with van der Waals surface area (Å²) in [6.07, 6.45) is 0.777. The van der Waals surface area contributed by atoms with Crippen molar-refractivity contribution in [2.75, 3.05) is 0 Å². The van der Waals surface area contributed by atoms with Crippen LogP contribution in [0.4, 0.5) is 5.69 Å². The normalized spacial score (nSPS) is 21.9. The molecule has 1 N–H and O–H groups in total. The SMILES string of the molecule is CC[C@@H]1SC(=Nc2cccc(Cl)c2Cl)NC1=O. The van der Waals surface area contributed by atoms with Crippen LogP contribution in [-0.4, -0.2) is 16.3 Å². The van der Waals surface area contributed by atoms with Crippen molar-refractivity contribution >= 4 is 51.7 Å². The first-order valence-corrected chi connectivity index (χ1v) is 6.75. The Morgan fingerprint density at radius 1 is 1.47 bits per heavy atom. The average molecular weight is 289 g/mol. The van der Waals surface area contributed by atoms with Gasteiger partial charge < -0.3 is 5.32 Å². The highest BCUT2D eigenvalue weighted by molar-refractivity contribution is 8.15. The summed E-state index contributed by atoms with van der Waals surface area (Å²) in [6.45, 7) is 1.96. The van der Waals surface area contributed by atoms with Crippen LogP contribution in [0.2, 0.25) is 10.0 Å². The molecule has 0 unspecified atom stereocenters. The van der Waals surface area contributed by atoms with Crippen LogP contribution in [0.15, 0.2) is 23.2 Å². The number of amides is 1. The summed E-state index contributed by atoms with van der Waals surface area (Å²) in [6, 6.07) is 5.22. The second kappa shape index (κ2) is 5.29. The number of carbonyl (C=O) groups excluding carboxylic acids is 1. The standard InChI is InChI=1S/C11H10Cl2N2OS/c1-2-8-10(16)15-11(17-8)14-7-5-3-4-6(12)9(7)13/h3-5,8H,2H2,1H3,(H,14,15,16)/t8-/m0/s1. The second-order valence-corrected chi connectivity index (χ2v) is 5.47. The summed E-state index contributed by atoms with van der Waals surface area (Å²) in [5.74, 6) is -0.00518. The van der Waals surface area contributed by atoms with Crippen LogP contribution in [-0.2, 0) is 4.79 Å². The second-order valence-electron chi connectivity index (χ2n) is 3.49. The number of thioether (sulfide) groups is 1.